The Bertz CT molecular complexity index is 196. The summed E-state index contributed by atoms with van der Waals surface area (Å²) in [5, 5.41) is 19.6. The number of carboxylic acids is 1. The lowest BCUT2D eigenvalue weighted by Gasteiger charge is -2.33. The summed E-state index contributed by atoms with van der Waals surface area (Å²) < 4.78 is 0. The van der Waals surface area contributed by atoms with Crippen LogP contribution in [0.3, 0.4) is 0 Å². The number of carboxylic acid groups (broad SMARTS) is 1. The number of aliphatic carboxylic acids is 1. The van der Waals surface area contributed by atoms with Gasteiger partial charge in [-0.15, -0.1) is 0 Å². The summed E-state index contributed by atoms with van der Waals surface area (Å²) in [6, 6.07) is 0. The molecule has 0 heterocycles. The molecule has 0 aromatic carbocycles. The van der Waals surface area contributed by atoms with Gasteiger partial charge >= 0.3 is 5.97 Å². The van der Waals surface area contributed by atoms with Crippen LogP contribution in [0.4, 0.5) is 0 Å². The Labute approximate surface area is 85.5 Å². The highest BCUT2D eigenvalue weighted by Crippen LogP contribution is 2.19. The normalized spacial score (nSPS) is 17.9. The van der Waals surface area contributed by atoms with Crippen molar-refractivity contribution < 1.29 is 15.1 Å². The van der Waals surface area contributed by atoms with Gasteiger partial charge in [0.25, 0.3) is 0 Å². The fourth-order valence-corrected chi connectivity index (χ4v) is 1.07. The highest BCUT2D eigenvalue weighted by Gasteiger charge is 2.37. The molecular weight excluding hydrogens is 182 g/mol. The average Bonchev–Trinajstić information content (AvgIpc) is 2.15. The van der Waals surface area contributed by atoms with Crippen molar-refractivity contribution in [2.45, 2.75) is 46.1 Å². The SMILES string of the molecule is CCC(C)CN(O)C(C)(CC)C(=O)O. The molecule has 2 unspecified atom stereocenters. The number of hydroxylamine groups is 2. The molecular formula is C10H21NO3. The van der Waals surface area contributed by atoms with E-state index in [1.165, 1.54) is 6.92 Å². The van der Waals surface area contributed by atoms with Crippen LogP contribution in [-0.4, -0.2) is 33.4 Å². The fraction of sp³-hybridized carbons (Fsp3) is 0.900. The van der Waals surface area contributed by atoms with Crippen molar-refractivity contribution in [3.05, 3.63) is 0 Å². The van der Waals surface area contributed by atoms with Crippen molar-refractivity contribution in [3.8, 4) is 0 Å². The molecule has 2 N–H and O–H groups in total. The summed E-state index contributed by atoms with van der Waals surface area (Å²) in [5.41, 5.74) is -1.16. The maximum atomic E-state index is 11.0. The Balaban J connectivity index is 4.46. The monoisotopic (exact) mass is 203 g/mol. The number of nitrogens with zero attached hydrogens (tertiary/aromatic N) is 1. The molecule has 84 valence electrons. The van der Waals surface area contributed by atoms with Crippen LogP contribution in [0.25, 0.3) is 0 Å². The number of hydrogen-bond acceptors (Lipinski definition) is 3. The van der Waals surface area contributed by atoms with E-state index in [1.807, 2.05) is 13.8 Å². The van der Waals surface area contributed by atoms with E-state index in [2.05, 4.69) is 0 Å². The maximum absolute atomic E-state index is 11.0. The molecule has 0 spiro atoms. The van der Waals surface area contributed by atoms with Gasteiger partial charge in [-0.25, -0.2) is 0 Å². The summed E-state index contributed by atoms with van der Waals surface area (Å²) in [7, 11) is 0. The Morgan fingerprint density at radius 1 is 1.50 bits per heavy atom. The Kier molecular flexibility index (Phi) is 5.08. The predicted octanol–water partition coefficient (Wildman–Crippen LogP) is 1.98. The first kappa shape index (κ1) is 13.4. The van der Waals surface area contributed by atoms with Crippen LogP contribution in [0.2, 0.25) is 0 Å². The molecule has 0 aromatic rings. The van der Waals surface area contributed by atoms with E-state index in [0.29, 0.717) is 18.9 Å². The van der Waals surface area contributed by atoms with Gasteiger partial charge < -0.3 is 10.3 Å². The van der Waals surface area contributed by atoms with E-state index < -0.39 is 11.5 Å². The number of carbonyl (C=O) groups is 1. The van der Waals surface area contributed by atoms with E-state index in [1.54, 1.807) is 6.92 Å². The van der Waals surface area contributed by atoms with Gasteiger partial charge in [0.05, 0.1) is 0 Å². The molecule has 4 heteroatoms. The number of rotatable bonds is 6. The van der Waals surface area contributed by atoms with Gasteiger partial charge in [0.2, 0.25) is 0 Å². The van der Waals surface area contributed by atoms with Crippen LogP contribution in [0, 0.1) is 5.92 Å². The Morgan fingerprint density at radius 3 is 2.29 bits per heavy atom. The Morgan fingerprint density at radius 2 is 2.00 bits per heavy atom. The van der Waals surface area contributed by atoms with E-state index >= 15 is 0 Å². The largest absolute Gasteiger partial charge is 0.480 e. The maximum Gasteiger partial charge on any atom is 0.326 e. The van der Waals surface area contributed by atoms with Crippen molar-refractivity contribution in [3.63, 3.8) is 0 Å². The quantitative estimate of drug-likeness (QED) is 0.648. The second kappa shape index (κ2) is 5.32. The topological polar surface area (TPSA) is 60.8 Å². The molecule has 14 heavy (non-hydrogen) atoms. The molecule has 0 rings (SSSR count). The van der Waals surface area contributed by atoms with E-state index in [0.717, 1.165) is 11.5 Å². The third-order valence-electron chi connectivity index (χ3n) is 2.90. The predicted molar refractivity (Wildman–Crippen MR) is 54.3 cm³/mol. The summed E-state index contributed by atoms with van der Waals surface area (Å²) >= 11 is 0. The zero-order valence-corrected chi connectivity index (χ0v) is 9.45. The van der Waals surface area contributed by atoms with Gasteiger partial charge in [0.15, 0.2) is 0 Å². The van der Waals surface area contributed by atoms with E-state index in [-0.39, 0.29) is 0 Å². The first-order valence-corrected chi connectivity index (χ1v) is 5.08. The van der Waals surface area contributed by atoms with Crippen molar-refractivity contribution in [1.29, 1.82) is 0 Å². The smallest absolute Gasteiger partial charge is 0.326 e. The molecule has 0 radical (unpaired) electrons. The Hall–Kier alpha value is -0.610. The first-order chi connectivity index (χ1) is 6.38. The zero-order chi connectivity index (χ0) is 11.4. The standard InChI is InChI=1S/C10H21NO3/c1-5-8(3)7-11(14)10(4,6-2)9(12)13/h8,14H,5-7H2,1-4H3,(H,12,13). The minimum absolute atomic E-state index is 0.297. The number of hydrogen-bond donors (Lipinski definition) is 2. The minimum Gasteiger partial charge on any atom is -0.480 e. The van der Waals surface area contributed by atoms with Gasteiger partial charge in [-0.1, -0.05) is 27.2 Å². The molecule has 0 amide bonds. The second-order valence-electron chi connectivity index (χ2n) is 4.03. The van der Waals surface area contributed by atoms with Crippen LogP contribution in [0.1, 0.15) is 40.5 Å². The molecule has 0 bridgehead atoms. The minimum atomic E-state index is -1.16. The van der Waals surface area contributed by atoms with E-state index in [9.17, 15) is 10.0 Å². The molecule has 0 fully saturated rings. The lowest BCUT2D eigenvalue weighted by atomic mass is 9.97. The van der Waals surface area contributed by atoms with E-state index in [4.69, 9.17) is 5.11 Å². The fourth-order valence-electron chi connectivity index (χ4n) is 1.07. The molecule has 0 aliphatic rings. The van der Waals surface area contributed by atoms with Gasteiger partial charge in [-0.05, 0) is 19.3 Å². The zero-order valence-electron chi connectivity index (χ0n) is 9.45. The molecule has 0 aliphatic heterocycles. The molecule has 2 atom stereocenters. The first-order valence-electron chi connectivity index (χ1n) is 5.08. The van der Waals surface area contributed by atoms with Crippen LogP contribution < -0.4 is 0 Å². The highest BCUT2D eigenvalue weighted by molar-refractivity contribution is 5.77. The molecule has 0 saturated carbocycles. The van der Waals surface area contributed by atoms with Gasteiger partial charge in [-0.3, -0.25) is 4.79 Å². The summed E-state index contributed by atoms with van der Waals surface area (Å²) in [4.78, 5) is 11.0. The van der Waals surface area contributed by atoms with Crippen molar-refractivity contribution in [2.75, 3.05) is 6.54 Å². The van der Waals surface area contributed by atoms with Crippen molar-refractivity contribution in [1.82, 2.24) is 5.06 Å². The lowest BCUT2D eigenvalue weighted by Crippen LogP contribution is -2.51. The van der Waals surface area contributed by atoms with Crippen LogP contribution in [0.15, 0.2) is 0 Å². The second-order valence-corrected chi connectivity index (χ2v) is 4.03. The molecule has 0 saturated heterocycles. The van der Waals surface area contributed by atoms with Crippen LogP contribution in [-0.2, 0) is 4.79 Å². The van der Waals surface area contributed by atoms with Gasteiger partial charge in [-0.2, -0.15) is 5.06 Å². The summed E-state index contributed by atoms with van der Waals surface area (Å²) in [6.45, 7) is 7.70. The highest BCUT2D eigenvalue weighted by atomic mass is 16.5. The third kappa shape index (κ3) is 2.96. The van der Waals surface area contributed by atoms with Crippen LogP contribution >= 0.6 is 0 Å². The van der Waals surface area contributed by atoms with Gasteiger partial charge in [0.1, 0.15) is 5.54 Å². The summed E-state index contributed by atoms with van der Waals surface area (Å²) in [5.74, 6) is -0.684. The third-order valence-corrected chi connectivity index (χ3v) is 2.90. The average molecular weight is 203 g/mol. The molecule has 4 nitrogen and oxygen atoms in total. The molecule has 0 aromatic heterocycles. The molecule has 0 aliphatic carbocycles. The van der Waals surface area contributed by atoms with Crippen molar-refractivity contribution in [2.24, 2.45) is 5.92 Å². The van der Waals surface area contributed by atoms with Gasteiger partial charge in [0, 0.05) is 6.54 Å². The van der Waals surface area contributed by atoms with Crippen LogP contribution in [0.5, 0.6) is 0 Å². The lowest BCUT2D eigenvalue weighted by molar-refractivity contribution is -0.198. The van der Waals surface area contributed by atoms with Crippen molar-refractivity contribution >= 4 is 5.97 Å². The summed E-state index contributed by atoms with van der Waals surface area (Å²) in [6.07, 6.45) is 1.31.